The standard InChI is InChI=1S/C28H43NO9/c1-14(2)18(8)26(32)37-22-11-10-20(13-23(22)38-27(33)19(9)15(3)4)21(24(29)25(30)31)12-17(7)36-28(34)35-16(5)6/h10-11,13-19,21,24H,12,29H2,1-9H3,(H,30,31)/t17?,18?,19?,21?,24-/m0/s1. The fourth-order valence-corrected chi connectivity index (χ4v) is 3.32. The topological polar surface area (TPSA) is 151 Å². The van der Waals surface area contributed by atoms with E-state index in [4.69, 9.17) is 24.7 Å². The van der Waals surface area contributed by atoms with E-state index in [0.717, 1.165) is 0 Å². The zero-order valence-electron chi connectivity index (χ0n) is 23.8. The number of nitrogens with two attached hydrogens (primary N) is 1. The van der Waals surface area contributed by atoms with Crippen molar-refractivity contribution in [3.05, 3.63) is 23.8 Å². The number of carbonyl (C=O) groups is 4. The molecule has 1 aromatic carbocycles. The Hall–Kier alpha value is -3.14. The first-order chi connectivity index (χ1) is 17.5. The van der Waals surface area contributed by atoms with Gasteiger partial charge >= 0.3 is 24.1 Å². The number of benzene rings is 1. The molecule has 0 fully saturated rings. The molecule has 0 bridgehead atoms. The maximum atomic E-state index is 12.8. The summed E-state index contributed by atoms with van der Waals surface area (Å²) >= 11 is 0. The number of aliphatic carboxylic acids is 1. The van der Waals surface area contributed by atoms with Crippen molar-refractivity contribution in [3.63, 3.8) is 0 Å². The number of carbonyl (C=O) groups excluding carboxylic acids is 3. The second-order valence-corrected chi connectivity index (χ2v) is 10.7. The van der Waals surface area contributed by atoms with Crippen molar-refractivity contribution >= 4 is 24.1 Å². The van der Waals surface area contributed by atoms with Gasteiger partial charge in [-0.1, -0.05) is 47.6 Å². The van der Waals surface area contributed by atoms with Gasteiger partial charge in [0.1, 0.15) is 12.1 Å². The van der Waals surface area contributed by atoms with E-state index in [2.05, 4.69) is 0 Å². The minimum absolute atomic E-state index is 0.00517. The average molecular weight is 538 g/mol. The van der Waals surface area contributed by atoms with Crippen LogP contribution in [0.25, 0.3) is 0 Å². The third-order valence-corrected chi connectivity index (χ3v) is 6.49. The van der Waals surface area contributed by atoms with Crippen molar-refractivity contribution in [1.29, 1.82) is 0 Å². The number of esters is 2. The molecule has 4 unspecified atom stereocenters. The molecule has 0 aliphatic carbocycles. The Labute approximate surface area is 225 Å². The lowest BCUT2D eigenvalue weighted by Crippen LogP contribution is -2.38. The van der Waals surface area contributed by atoms with E-state index in [-0.39, 0.29) is 35.9 Å². The molecule has 0 spiro atoms. The summed E-state index contributed by atoms with van der Waals surface area (Å²) < 4.78 is 21.5. The van der Waals surface area contributed by atoms with Crippen LogP contribution in [0.2, 0.25) is 0 Å². The minimum atomic E-state index is -1.37. The molecule has 0 aliphatic rings. The molecule has 3 N–H and O–H groups in total. The second-order valence-electron chi connectivity index (χ2n) is 10.7. The van der Waals surface area contributed by atoms with Gasteiger partial charge in [0.05, 0.1) is 17.9 Å². The van der Waals surface area contributed by atoms with E-state index in [0.29, 0.717) is 5.56 Å². The Bertz CT molecular complexity index is 973. The van der Waals surface area contributed by atoms with Crippen LogP contribution in [0.5, 0.6) is 11.5 Å². The molecule has 10 heteroatoms. The normalized spacial score (nSPS) is 15.4. The molecule has 214 valence electrons. The van der Waals surface area contributed by atoms with Gasteiger partial charge in [0.2, 0.25) is 0 Å². The molecule has 10 nitrogen and oxygen atoms in total. The van der Waals surface area contributed by atoms with E-state index in [1.54, 1.807) is 40.7 Å². The highest BCUT2D eigenvalue weighted by Crippen LogP contribution is 2.36. The fraction of sp³-hybridized carbons (Fsp3) is 0.643. The molecule has 0 radical (unpaired) electrons. The Morgan fingerprint density at radius 1 is 0.789 bits per heavy atom. The van der Waals surface area contributed by atoms with Crippen molar-refractivity contribution in [2.24, 2.45) is 29.4 Å². The predicted octanol–water partition coefficient (Wildman–Crippen LogP) is 4.92. The van der Waals surface area contributed by atoms with Crippen LogP contribution in [0, 0.1) is 23.7 Å². The van der Waals surface area contributed by atoms with Gasteiger partial charge in [-0.2, -0.15) is 0 Å². The molecule has 1 rings (SSSR count). The van der Waals surface area contributed by atoms with Gasteiger partial charge in [-0.3, -0.25) is 14.4 Å². The Balaban J connectivity index is 3.43. The number of carboxylic acid groups (broad SMARTS) is 1. The molecule has 1 aromatic rings. The molecule has 5 atom stereocenters. The zero-order chi connectivity index (χ0) is 29.3. The Morgan fingerprint density at radius 2 is 1.29 bits per heavy atom. The van der Waals surface area contributed by atoms with Crippen LogP contribution in [0.3, 0.4) is 0 Å². The predicted molar refractivity (Wildman–Crippen MR) is 141 cm³/mol. The summed E-state index contributed by atoms with van der Waals surface area (Å²) in [5, 5.41) is 9.65. The van der Waals surface area contributed by atoms with Crippen LogP contribution in [0.4, 0.5) is 4.79 Å². The molecule has 0 aliphatic heterocycles. The summed E-state index contributed by atoms with van der Waals surface area (Å²) in [5.74, 6) is -3.97. The lowest BCUT2D eigenvalue weighted by Gasteiger charge is -2.26. The Morgan fingerprint density at radius 3 is 1.74 bits per heavy atom. The van der Waals surface area contributed by atoms with Crippen molar-refractivity contribution in [2.75, 3.05) is 0 Å². The van der Waals surface area contributed by atoms with Gasteiger partial charge in [0, 0.05) is 5.92 Å². The average Bonchev–Trinajstić information content (AvgIpc) is 2.81. The van der Waals surface area contributed by atoms with Gasteiger partial charge in [0.25, 0.3) is 0 Å². The molecule has 0 heterocycles. The number of carboxylic acids is 1. The minimum Gasteiger partial charge on any atom is -0.480 e. The second kappa shape index (κ2) is 14.7. The molecular formula is C28H43NO9. The number of hydrogen-bond donors (Lipinski definition) is 2. The first kappa shape index (κ1) is 32.9. The molecule has 0 aromatic heterocycles. The summed E-state index contributed by atoms with van der Waals surface area (Å²) in [5.41, 5.74) is 6.43. The van der Waals surface area contributed by atoms with Crippen LogP contribution in [0.15, 0.2) is 18.2 Å². The van der Waals surface area contributed by atoms with Gasteiger partial charge in [-0.25, -0.2) is 4.79 Å². The quantitative estimate of drug-likeness (QED) is 0.262. The third kappa shape index (κ3) is 9.96. The summed E-state index contributed by atoms with van der Waals surface area (Å²) in [4.78, 5) is 49.2. The number of hydrogen-bond acceptors (Lipinski definition) is 9. The van der Waals surface area contributed by atoms with Crippen LogP contribution >= 0.6 is 0 Å². The maximum Gasteiger partial charge on any atom is 0.508 e. The van der Waals surface area contributed by atoms with E-state index in [1.165, 1.54) is 12.1 Å². The fourth-order valence-electron chi connectivity index (χ4n) is 3.32. The summed E-state index contributed by atoms with van der Waals surface area (Å²) in [6, 6.07) is 3.08. The zero-order valence-corrected chi connectivity index (χ0v) is 23.8. The summed E-state index contributed by atoms with van der Waals surface area (Å²) in [6.07, 6.45) is -1.96. The lowest BCUT2D eigenvalue weighted by atomic mass is 9.87. The molecular weight excluding hydrogens is 494 g/mol. The molecule has 0 saturated heterocycles. The van der Waals surface area contributed by atoms with Crippen molar-refractivity contribution in [1.82, 2.24) is 0 Å². The van der Waals surface area contributed by atoms with Gasteiger partial charge in [-0.15, -0.1) is 0 Å². The van der Waals surface area contributed by atoms with Gasteiger partial charge in [0.15, 0.2) is 11.5 Å². The van der Waals surface area contributed by atoms with Crippen molar-refractivity contribution in [2.45, 2.75) is 92.9 Å². The first-order valence-electron chi connectivity index (χ1n) is 13.0. The summed E-state index contributed by atoms with van der Waals surface area (Å²) in [7, 11) is 0. The highest BCUT2D eigenvalue weighted by atomic mass is 16.7. The van der Waals surface area contributed by atoms with Crippen LogP contribution in [-0.4, -0.2) is 47.4 Å². The maximum absolute atomic E-state index is 12.8. The number of rotatable bonds is 13. The van der Waals surface area contributed by atoms with Gasteiger partial charge < -0.3 is 29.8 Å². The first-order valence-corrected chi connectivity index (χ1v) is 13.0. The SMILES string of the molecule is CC(C)OC(=O)OC(C)CC(c1ccc(OC(=O)C(C)C(C)C)c(OC(=O)C(C)C(C)C)c1)[C@H](N)C(=O)O. The monoisotopic (exact) mass is 537 g/mol. The van der Waals surface area contributed by atoms with Crippen molar-refractivity contribution in [3.8, 4) is 11.5 Å². The van der Waals surface area contributed by atoms with Crippen LogP contribution < -0.4 is 15.2 Å². The number of ether oxygens (including phenoxy) is 4. The summed E-state index contributed by atoms with van der Waals surface area (Å²) in [6.45, 7) is 15.9. The lowest BCUT2D eigenvalue weighted by molar-refractivity contribution is -0.142. The van der Waals surface area contributed by atoms with E-state index in [9.17, 15) is 24.3 Å². The highest BCUT2D eigenvalue weighted by Gasteiger charge is 2.31. The van der Waals surface area contributed by atoms with E-state index < -0.39 is 54.0 Å². The molecule has 0 amide bonds. The third-order valence-electron chi connectivity index (χ3n) is 6.49. The van der Waals surface area contributed by atoms with E-state index in [1.807, 2.05) is 27.7 Å². The molecule has 0 saturated carbocycles. The van der Waals surface area contributed by atoms with Crippen molar-refractivity contribution < 1.29 is 43.2 Å². The van der Waals surface area contributed by atoms with Gasteiger partial charge in [-0.05, 0) is 56.7 Å². The Kier molecular flexibility index (Phi) is 12.7. The largest absolute Gasteiger partial charge is 0.508 e. The molecule has 38 heavy (non-hydrogen) atoms. The smallest absolute Gasteiger partial charge is 0.480 e. The highest BCUT2D eigenvalue weighted by molar-refractivity contribution is 5.79. The van der Waals surface area contributed by atoms with Crippen LogP contribution in [-0.2, 0) is 23.9 Å². The van der Waals surface area contributed by atoms with Crippen LogP contribution in [0.1, 0.15) is 80.2 Å². The van der Waals surface area contributed by atoms with E-state index >= 15 is 0 Å².